The molecule has 0 spiro atoms. The summed E-state index contributed by atoms with van der Waals surface area (Å²) in [6.07, 6.45) is 0.994. The molecule has 1 aliphatic carbocycles. The van der Waals surface area contributed by atoms with Gasteiger partial charge in [0.05, 0.1) is 0 Å². The van der Waals surface area contributed by atoms with Gasteiger partial charge in [-0.25, -0.2) is 9.50 Å². The average molecular weight is 440 g/mol. The summed E-state index contributed by atoms with van der Waals surface area (Å²) in [6.45, 7) is 3.99. The molecule has 31 heavy (non-hydrogen) atoms. The first-order valence-electron chi connectivity index (χ1n) is 10.5. The molecule has 2 heterocycles. The van der Waals surface area contributed by atoms with E-state index in [0.717, 1.165) is 30.2 Å². The third-order valence-electron chi connectivity index (χ3n) is 5.63. The van der Waals surface area contributed by atoms with Gasteiger partial charge in [-0.05, 0) is 38.7 Å². The lowest BCUT2D eigenvalue weighted by Crippen LogP contribution is -2.38. The Labute approximate surface area is 178 Å². The molecule has 0 aliphatic heterocycles. The SMILES string of the molecule is Cc1nc2nc(C(F)(F)F)nn2c(C)c1CCC(=O)NCCNC(=O)C1CCCCC1. The molecule has 170 valence electrons. The number of carbonyl (C=O) groups excluding carboxylic acids is 2. The van der Waals surface area contributed by atoms with E-state index in [9.17, 15) is 22.8 Å². The Hall–Kier alpha value is -2.72. The summed E-state index contributed by atoms with van der Waals surface area (Å²) in [6, 6.07) is 0. The molecule has 2 N–H and O–H groups in total. The molecule has 0 bridgehead atoms. The Morgan fingerprint density at radius 3 is 2.42 bits per heavy atom. The Bertz CT molecular complexity index is 951. The Kier molecular flexibility index (Phi) is 7.11. The van der Waals surface area contributed by atoms with Gasteiger partial charge in [0.25, 0.3) is 11.6 Å². The van der Waals surface area contributed by atoms with E-state index < -0.39 is 12.0 Å². The summed E-state index contributed by atoms with van der Waals surface area (Å²) in [5, 5.41) is 9.12. The fraction of sp³-hybridized carbons (Fsp3) is 0.650. The van der Waals surface area contributed by atoms with Gasteiger partial charge in [0, 0.05) is 36.8 Å². The predicted octanol–water partition coefficient (Wildman–Crippen LogP) is 2.51. The van der Waals surface area contributed by atoms with Gasteiger partial charge in [0.1, 0.15) is 0 Å². The first kappa shape index (κ1) is 23.0. The van der Waals surface area contributed by atoms with Crippen LogP contribution in [0, 0.1) is 19.8 Å². The van der Waals surface area contributed by atoms with E-state index in [4.69, 9.17) is 0 Å². The minimum Gasteiger partial charge on any atom is -0.354 e. The van der Waals surface area contributed by atoms with Crippen molar-refractivity contribution in [3.8, 4) is 0 Å². The quantitative estimate of drug-likeness (QED) is 0.645. The van der Waals surface area contributed by atoms with Gasteiger partial charge in [0.15, 0.2) is 0 Å². The second-order valence-corrected chi connectivity index (χ2v) is 7.88. The van der Waals surface area contributed by atoms with Crippen LogP contribution < -0.4 is 10.6 Å². The normalized spacial score (nSPS) is 15.3. The highest BCUT2D eigenvalue weighted by atomic mass is 19.4. The average Bonchev–Trinajstić information content (AvgIpc) is 3.16. The summed E-state index contributed by atoms with van der Waals surface area (Å²) < 4.78 is 39.7. The van der Waals surface area contributed by atoms with Crippen molar-refractivity contribution in [2.24, 2.45) is 5.92 Å². The lowest BCUT2D eigenvalue weighted by atomic mass is 9.89. The minimum atomic E-state index is -4.65. The van der Waals surface area contributed by atoms with Gasteiger partial charge in [-0.1, -0.05) is 19.3 Å². The summed E-state index contributed by atoms with van der Waals surface area (Å²) >= 11 is 0. The van der Waals surface area contributed by atoms with Crippen molar-refractivity contribution in [1.82, 2.24) is 30.2 Å². The molecule has 2 amide bonds. The van der Waals surface area contributed by atoms with E-state index in [-0.39, 0.29) is 29.9 Å². The lowest BCUT2D eigenvalue weighted by Gasteiger charge is -2.20. The van der Waals surface area contributed by atoms with Crippen LogP contribution in [0.1, 0.15) is 61.3 Å². The first-order chi connectivity index (χ1) is 14.7. The third kappa shape index (κ3) is 5.71. The van der Waals surface area contributed by atoms with Crippen molar-refractivity contribution in [2.75, 3.05) is 13.1 Å². The fourth-order valence-corrected chi connectivity index (χ4v) is 3.91. The van der Waals surface area contributed by atoms with Crippen LogP contribution in [0.5, 0.6) is 0 Å². The molecule has 0 radical (unpaired) electrons. The van der Waals surface area contributed by atoms with Gasteiger partial charge in [-0.2, -0.15) is 18.2 Å². The van der Waals surface area contributed by atoms with Crippen LogP contribution in [-0.2, 0) is 22.2 Å². The second-order valence-electron chi connectivity index (χ2n) is 7.88. The van der Waals surface area contributed by atoms with Crippen molar-refractivity contribution < 1.29 is 22.8 Å². The van der Waals surface area contributed by atoms with E-state index in [1.165, 1.54) is 6.42 Å². The predicted molar refractivity (Wildman–Crippen MR) is 106 cm³/mol. The van der Waals surface area contributed by atoms with Gasteiger partial charge < -0.3 is 10.6 Å². The number of aryl methyl sites for hydroxylation is 2. The summed E-state index contributed by atoms with van der Waals surface area (Å²) in [7, 11) is 0. The maximum absolute atomic E-state index is 12.9. The van der Waals surface area contributed by atoms with E-state index in [2.05, 4.69) is 25.7 Å². The maximum Gasteiger partial charge on any atom is 0.453 e. The van der Waals surface area contributed by atoms with Gasteiger partial charge in [0.2, 0.25) is 11.8 Å². The second kappa shape index (κ2) is 9.61. The van der Waals surface area contributed by atoms with Crippen LogP contribution in [-0.4, -0.2) is 44.5 Å². The van der Waals surface area contributed by atoms with Crippen molar-refractivity contribution in [3.05, 3.63) is 22.8 Å². The van der Waals surface area contributed by atoms with E-state index in [1.54, 1.807) is 13.8 Å². The maximum atomic E-state index is 12.9. The van der Waals surface area contributed by atoms with E-state index in [1.807, 2.05) is 0 Å². The highest BCUT2D eigenvalue weighted by molar-refractivity contribution is 5.79. The summed E-state index contributed by atoms with van der Waals surface area (Å²) in [5.41, 5.74) is 1.64. The van der Waals surface area contributed by atoms with Gasteiger partial charge in [-0.3, -0.25) is 9.59 Å². The zero-order valence-corrected chi connectivity index (χ0v) is 17.7. The molecule has 2 aromatic heterocycles. The number of rotatable bonds is 7. The standard InChI is InChI=1S/C20H27F3N6O2/c1-12-15(13(2)29-19(26-12)27-18(28-29)20(21,22)23)8-9-16(30)24-10-11-25-17(31)14-6-4-3-5-7-14/h14H,3-11H2,1-2H3,(H,24,30)(H,25,31). The Morgan fingerprint density at radius 1 is 1.06 bits per heavy atom. The molecule has 0 saturated heterocycles. The Morgan fingerprint density at radius 2 is 1.74 bits per heavy atom. The highest BCUT2D eigenvalue weighted by Gasteiger charge is 2.37. The molecule has 11 heteroatoms. The number of fused-ring (bicyclic) bond motifs is 1. The molecule has 8 nitrogen and oxygen atoms in total. The number of carbonyl (C=O) groups is 2. The molecule has 1 aliphatic rings. The van der Waals surface area contributed by atoms with Crippen molar-refractivity contribution >= 4 is 17.6 Å². The van der Waals surface area contributed by atoms with Crippen LogP contribution in [0.3, 0.4) is 0 Å². The monoisotopic (exact) mass is 440 g/mol. The highest BCUT2D eigenvalue weighted by Crippen LogP contribution is 2.27. The third-order valence-corrected chi connectivity index (χ3v) is 5.63. The van der Waals surface area contributed by atoms with Gasteiger partial charge >= 0.3 is 6.18 Å². The van der Waals surface area contributed by atoms with Crippen LogP contribution >= 0.6 is 0 Å². The molecule has 0 atom stereocenters. The van der Waals surface area contributed by atoms with Crippen LogP contribution in [0.4, 0.5) is 13.2 Å². The number of hydrogen-bond acceptors (Lipinski definition) is 5. The zero-order chi connectivity index (χ0) is 22.6. The molecular weight excluding hydrogens is 413 g/mol. The van der Waals surface area contributed by atoms with E-state index >= 15 is 0 Å². The van der Waals surface area contributed by atoms with Crippen LogP contribution in [0.15, 0.2) is 0 Å². The number of halogens is 3. The van der Waals surface area contributed by atoms with Crippen LogP contribution in [0.2, 0.25) is 0 Å². The topological polar surface area (TPSA) is 101 Å². The smallest absolute Gasteiger partial charge is 0.354 e. The molecule has 1 saturated carbocycles. The van der Waals surface area contributed by atoms with Gasteiger partial charge in [-0.15, -0.1) is 5.10 Å². The molecule has 3 rings (SSSR count). The van der Waals surface area contributed by atoms with Crippen molar-refractivity contribution in [3.63, 3.8) is 0 Å². The number of alkyl halides is 3. The van der Waals surface area contributed by atoms with Crippen molar-refractivity contribution in [1.29, 1.82) is 0 Å². The largest absolute Gasteiger partial charge is 0.453 e. The number of aromatic nitrogens is 4. The first-order valence-corrected chi connectivity index (χ1v) is 10.5. The number of hydrogen-bond donors (Lipinski definition) is 2. The molecule has 0 aromatic carbocycles. The number of amides is 2. The molecule has 2 aromatic rings. The van der Waals surface area contributed by atoms with Crippen molar-refractivity contribution in [2.45, 2.75) is 65.0 Å². The Balaban J connectivity index is 1.50. The number of nitrogens with zero attached hydrogens (tertiary/aromatic N) is 4. The zero-order valence-electron chi connectivity index (χ0n) is 17.7. The lowest BCUT2D eigenvalue weighted by molar-refractivity contribution is -0.144. The minimum absolute atomic E-state index is 0.0469. The van der Waals surface area contributed by atoms with E-state index in [0.29, 0.717) is 36.5 Å². The van der Waals surface area contributed by atoms with Crippen LogP contribution in [0.25, 0.3) is 5.78 Å². The molecule has 0 unspecified atom stereocenters. The molecular formula is C20H27F3N6O2. The fourth-order valence-electron chi connectivity index (χ4n) is 3.91. The molecule has 1 fully saturated rings. The summed E-state index contributed by atoms with van der Waals surface area (Å²) in [4.78, 5) is 31.8. The number of nitrogens with one attached hydrogen (secondary N) is 2. The summed E-state index contributed by atoms with van der Waals surface area (Å²) in [5.74, 6) is -1.45.